The maximum absolute atomic E-state index is 13.8. The molecule has 0 amide bonds. The fraction of sp³-hybridized carbons (Fsp3) is 0.280. The van der Waals surface area contributed by atoms with Gasteiger partial charge in [0, 0.05) is 29.9 Å². The van der Waals surface area contributed by atoms with E-state index in [1.54, 1.807) is 13.4 Å². The molecule has 4 aromatic rings. The fourth-order valence-electron chi connectivity index (χ4n) is 4.46. The van der Waals surface area contributed by atoms with E-state index in [1.807, 2.05) is 47.7 Å². The molecular formula is C25H24F2N4O2. The van der Waals surface area contributed by atoms with Crippen LogP contribution in [0.3, 0.4) is 0 Å². The van der Waals surface area contributed by atoms with Gasteiger partial charge in [-0.25, -0.2) is 13.8 Å². The van der Waals surface area contributed by atoms with Gasteiger partial charge in [-0.2, -0.15) is 0 Å². The van der Waals surface area contributed by atoms with Crippen LogP contribution in [0.1, 0.15) is 36.2 Å². The van der Waals surface area contributed by atoms with Crippen molar-refractivity contribution in [3.63, 3.8) is 0 Å². The van der Waals surface area contributed by atoms with Gasteiger partial charge in [-0.1, -0.05) is 11.2 Å². The number of hydrogen-bond donors (Lipinski definition) is 0. The summed E-state index contributed by atoms with van der Waals surface area (Å²) in [6.07, 6.45) is 5.37. The smallest absolute Gasteiger partial charge is 0.231 e. The Labute approximate surface area is 190 Å². The average Bonchev–Trinajstić information content (AvgIpc) is 3.43. The Morgan fingerprint density at radius 2 is 1.91 bits per heavy atom. The average molecular weight is 450 g/mol. The lowest BCUT2D eigenvalue weighted by Crippen LogP contribution is -2.31. The summed E-state index contributed by atoms with van der Waals surface area (Å²) in [5.41, 5.74) is 4.96. The van der Waals surface area contributed by atoms with E-state index in [0.717, 1.165) is 47.1 Å². The largest absolute Gasteiger partial charge is 0.495 e. The summed E-state index contributed by atoms with van der Waals surface area (Å²) in [5, 5.41) is 4.37. The molecule has 8 heteroatoms. The predicted octanol–water partition coefficient (Wildman–Crippen LogP) is 5.64. The third-order valence-electron chi connectivity index (χ3n) is 6.13. The van der Waals surface area contributed by atoms with Crippen LogP contribution >= 0.6 is 0 Å². The molecule has 0 bridgehead atoms. The van der Waals surface area contributed by atoms with Crippen LogP contribution < -0.4 is 9.64 Å². The van der Waals surface area contributed by atoms with Gasteiger partial charge in [0.25, 0.3) is 0 Å². The number of halogens is 2. The summed E-state index contributed by atoms with van der Waals surface area (Å²) in [7, 11) is 1.63. The molecule has 0 fully saturated rings. The molecule has 170 valence electrons. The zero-order valence-electron chi connectivity index (χ0n) is 18.7. The predicted molar refractivity (Wildman–Crippen MR) is 121 cm³/mol. The Bertz CT molecular complexity index is 1290. The lowest BCUT2D eigenvalue weighted by atomic mass is 9.97. The van der Waals surface area contributed by atoms with Gasteiger partial charge in [-0.3, -0.25) is 0 Å². The standard InChI is InChI=1S/C25H24F2N4O2/c1-15-13-30(14-28-15)22-7-6-17(11-23(22)32-3)24-21-5-4-8-31(25(21)33-29-24)16(2)18-9-19(26)12-20(27)10-18/h6-7,9-14,16H,4-5,8H2,1-3H3/t16-/m0/s1. The normalized spacial score (nSPS) is 14.3. The van der Waals surface area contributed by atoms with Crippen molar-refractivity contribution in [2.75, 3.05) is 18.6 Å². The van der Waals surface area contributed by atoms with E-state index in [4.69, 9.17) is 9.26 Å². The Balaban J connectivity index is 1.50. The highest BCUT2D eigenvalue weighted by Gasteiger charge is 2.30. The SMILES string of the molecule is COc1cc(-c2noc3c2CCCN3[C@@H](C)c2cc(F)cc(F)c2)ccc1-n1cnc(C)c1. The summed E-state index contributed by atoms with van der Waals surface area (Å²) in [6, 6.07) is 9.22. The molecule has 0 radical (unpaired) electrons. The van der Waals surface area contributed by atoms with Crippen LogP contribution in [0.2, 0.25) is 0 Å². The first kappa shape index (κ1) is 21.2. The van der Waals surface area contributed by atoms with Gasteiger partial charge >= 0.3 is 0 Å². The van der Waals surface area contributed by atoms with E-state index in [-0.39, 0.29) is 6.04 Å². The molecule has 0 spiro atoms. The minimum Gasteiger partial charge on any atom is -0.495 e. The number of nitrogens with zero attached hydrogens (tertiary/aromatic N) is 4. The molecule has 0 unspecified atom stereocenters. The monoisotopic (exact) mass is 450 g/mol. The molecule has 1 atom stereocenters. The number of rotatable bonds is 5. The van der Waals surface area contributed by atoms with Crippen molar-refractivity contribution in [2.24, 2.45) is 0 Å². The number of fused-ring (bicyclic) bond motifs is 1. The van der Waals surface area contributed by atoms with E-state index in [0.29, 0.717) is 23.7 Å². The van der Waals surface area contributed by atoms with E-state index in [2.05, 4.69) is 10.1 Å². The van der Waals surface area contributed by atoms with Crippen molar-refractivity contribution in [1.29, 1.82) is 0 Å². The molecule has 6 nitrogen and oxygen atoms in total. The lowest BCUT2D eigenvalue weighted by Gasteiger charge is -2.32. The van der Waals surface area contributed by atoms with Gasteiger partial charge in [0.05, 0.1) is 30.9 Å². The topological polar surface area (TPSA) is 56.3 Å². The molecule has 3 heterocycles. The highest BCUT2D eigenvalue weighted by molar-refractivity contribution is 5.72. The Morgan fingerprint density at radius 1 is 1.12 bits per heavy atom. The maximum Gasteiger partial charge on any atom is 0.231 e. The second-order valence-electron chi connectivity index (χ2n) is 8.30. The molecule has 2 aromatic carbocycles. The molecule has 0 saturated heterocycles. The van der Waals surface area contributed by atoms with Crippen LogP contribution in [0, 0.1) is 18.6 Å². The molecule has 5 rings (SSSR count). The number of anilines is 1. The number of benzene rings is 2. The van der Waals surface area contributed by atoms with Crippen molar-refractivity contribution in [3.8, 4) is 22.7 Å². The molecule has 33 heavy (non-hydrogen) atoms. The summed E-state index contributed by atoms with van der Waals surface area (Å²) < 4.78 is 40.9. The first-order valence-corrected chi connectivity index (χ1v) is 10.8. The Hall–Kier alpha value is -3.68. The summed E-state index contributed by atoms with van der Waals surface area (Å²) in [4.78, 5) is 6.30. The molecular weight excluding hydrogens is 426 g/mol. The van der Waals surface area contributed by atoms with Gasteiger partial charge in [0.2, 0.25) is 5.88 Å². The Kier molecular flexibility index (Phi) is 5.36. The molecule has 1 aliphatic rings. The zero-order chi connectivity index (χ0) is 23.1. The summed E-state index contributed by atoms with van der Waals surface area (Å²) in [6.45, 7) is 4.56. The first-order valence-electron chi connectivity index (χ1n) is 10.8. The van der Waals surface area contributed by atoms with E-state index >= 15 is 0 Å². The number of hydrogen-bond acceptors (Lipinski definition) is 5. The van der Waals surface area contributed by atoms with Gasteiger partial charge in [0.1, 0.15) is 23.1 Å². The number of aromatic nitrogens is 3. The van der Waals surface area contributed by atoms with Gasteiger partial charge in [-0.05, 0) is 56.5 Å². The minimum atomic E-state index is -0.590. The second-order valence-corrected chi connectivity index (χ2v) is 8.30. The quantitative estimate of drug-likeness (QED) is 0.394. The number of aryl methyl sites for hydroxylation is 1. The zero-order valence-corrected chi connectivity index (χ0v) is 18.7. The van der Waals surface area contributed by atoms with E-state index in [9.17, 15) is 8.78 Å². The van der Waals surface area contributed by atoms with Crippen LogP contribution in [0.15, 0.2) is 53.4 Å². The lowest BCUT2D eigenvalue weighted by molar-refractivity contribution is 0.400. The van der Waals surface area contributed by atoms with Crippen LogP contribution in [0.4, 0.5) is 14.7 Å². The van der Waals surface area contributed by atoms with Gasteiger partial charge < -0.3 is 18.7 Å². The molecule has 1 aliphatic heterocycles. The molecule has 2 aromatic heterocycles. The molecule has 0 aliphatic carbocycles. The van der Waals surface area contributed by atoms with Gasteiger partial charge in [0.15, 0.2) is 0 Å². The van der Waals surface area contributed by atoms with Gasteiger partial charge in [-0.15, -0.1) is 0 Å². The number of imidazole rings is 1. The highest BCUT2D eigenvalue weighted by atomic mass is 19.1. The van der Waals surface area contributed by atoms with Crippen molar-refractivity contribution >= 4 is 5.88 Å². The second kappa shape index (κ2) is 8.35. The van der Waals surface area contributed by atoms with Crippen molar-refractivity contribution in [3.05, 3.63) is 77.4 Å². The minimum absolute atomic E-state index is 0.267. The summed E-state index contributed by atoms with van der Waals surface area (Å²) in [5.74, 6) is 0.153. The van der Waals surface area contributed by atoms with Crippen LogP contribution in [0.25, 0.3) is 16.9 Å². The Morgan fingerprint density at radius 3 is 2.61 bits per heavy atom. The first-order chi connectivity index (χ1) is 15.9. The fourth-order valence-corrected chi connectivity index (χ4v) is 4.46. The number of ether oxygens (including phenoxy) is 1. The maximum atomic E-state index is 13.8. The third kappa shape index (κ3) is 3.86. The van der Waals surface area contributed by atoms with Crippen LogP contribution in [-0.2, 0) is 6.42 Å². The van der Waals surface area contributed by atoms with Crippen LogP contribution in [-0.4, -0.2) is 28.4 Å². The van der Waals surface area contributed by atoms with Crippen molar-refractivity contribution in [2.45, 2.75) is 32.7 Å². The molecule has 0 saturated carbocycles. The third-order valence-corrected chi connectivity index (χ3v) is 6.13. The van der Waals surface area contributed by atoms with E-state index < -0.39 is 11.6 Å². The van der Waals surface area contributed by atoms with Crippen LogP contribution in [0.5, 0.6) is 5.75 Å². The highest BCUT2D eigenvalue weighted by Crippen LogP contribution is 2.40. The summed E-state index contributed by atoms with van der Waals surface area (Å²) >= 11 is 0. The van der Waals surface area contributed by atoms with Crippen molar-refractivity contribution < 1.29 is 18.0 Å². The number of methoxy groups -OCH3 is 1. The van der Waals surface area contributed by atoms with E-state index in [1.165, 1.54) is 12.1 Å². The molecule has 0 N–H and O–H groups in total. The van der Waals surface area contributed by atoms with Crippen molar-refractivity contribution in [1.82, 2.24) is 14.7 Å².